The quantitative estimate of drug-likeness (QED) is 0.942. The number of fused-ring (bicyclic) bond motifs is 1. The van der Waals surface area contributed by atoms with Gasteiger partial charge in [0.2, 0.25) is 0 Å². The van der Waals surface area contributed by atoms with Crippen molar-refractivity contribution in [2.24, 2.45) is 7.05 Å². The third-order valence-corrected chi connectivity index (χ3v) is 4.85. The number of aryl methyl sites for hydroxylation is 2. The molecule has 0 saturated heterocycles. The van der Waals surface area contributed by atoms with Gasteiger partial charge in [-0.25, -0.2) is 4.98 Å². The van der Waals surface area contributed by atoms with Crippen LogP contribution in [0.1, 0.15) is 24.0 Å². The topological polar surface area (TPSA) is 64.0 Å². The molecular formula is C14H17N3O2S. The Kier molecular flexibility index (Phi) is 3.25. The maximum Gasteiger partial charge on any atom is 0.280 e. The van der Waals surface area contributed by atoms with Gasteiger partial charge in [0.05, 0.1) is 12.0 Å². The molecule has 0 unspecified atom stereocenters. The molecule has 0 fully saturated rings. The standard InChI is InChI=1S/C14H17N3O2S/c1-17-9-14(15-10-17)20(18,19)16-13-8-4-6-11-5-2-3-7-12(11)13/h4,6,8-10,16H,2-3,5,7H2,1H3. The lowest BCUT2D eigenvalue weighted by Crippen LogP contribution is -2.16. The number of rotatable bonds is 3. The highest BCUT2D eigenvalue weighted by Crippen LogP contribution is 2.29. The maximum atomic E-state index is 12.3. The lowest BCUT2D eigenvalue weighted by Gasteiger charge is -2.19. The van der Waals surface area contributed by atoms with Gasteiger partial charge in [0.25, 0.3) is 10.0 Å². The van der Waals surface area contributed by atoms with Crippen molar-refractivity contribution in [3.63, 3.8) is 0 Å². The van der Waals surface area contributed by atoms with E-state index in [1.807, 2.05) is 12.1 Å². The van der Waals surface area contributed by atoms with Gasteiger partial charge in [-0.15, -0.1) is 0 Å². The minimum atomic E-state index is -3.61. The van der Waals surface area contributed by atoms with Crippen molar-refractivity contribution in [3.05, 3.63) is 41.9 Å². The highest BCUT2D eigenvalue weighted by molar-refractivity contribution is 7.92. The molecule has 1 aromatic heterocycles. The number of sulfonamides is 1. The van der Waals surface area contributed by atoms with Gasteiger partial charge >= 0.3 is 0 Å². The van der Waals surface area contributed by atoms with Gasteiger partial charge in [-0.1, -0.05) is 12.1 Å². The molecule has 5 nitrogen and oxygen atoms in total. The zero-order valence-electron chi connectivity index (χ0n) is 11.3. The molecule has 0 bridgehead atoms. The predicted octanol–water partition coefficient (Wildman–Crippen LogP) is 2.10. The van der Waals surface area contributed by atoms with Crippen molar-refractivity contribution < 1.29 is 8.42 Å². The van der Waals surface area contributed by atoms with E-state index in [-0.39, 0.29) is 5.03 Å². The number of nitrogens with zero attached hydrogens (tertiary/aromatic N) is 2. The molecule has 6 heteroatoms. The van der Waals surface area contributed by atoms with Crippen LogP contribution >= 0.6 is 0 Å². The van der Waals surface area contributed by atoms with Crippen LogP contribution in [0.25, 0.3) is 0 Å². The molecule has 0 aliphatic heterocycles. The van der Waals surface area contributed by atoms with Crippen LogP contribution in [0.3, 0.4) is 0 Å². The third kappa shape index (κ3) is 2.43. The van der Waals surface area contributed by atoms with E-state index >= 15 is 0 Å². The number of hydrogen-bond acceptors (Lipinski definition) is 3. The summed E-state index contributed by atoms with van der Waals surface area (Å²) in [5, 5.41) is 0.0495. The second-order valence-electron chi connectivity index (χ2n) is 5.13. The fourth-order valence-electron chi connectivity index (χ4n) is 2.60. The molecule has 0 radical (unpaired) electrons. The lowest BCUT2D eigenvalue weighted by atomic mass is 9.91. The van der Waals surface area contributed by atoms with Gasteiger partial charge in [-0.2, -0.15) is 8.42 Å². The number of benzene rings is 1. The highest BCUT2D eigenvalue weighted by Gasteiger charge is 2.20. The summed E-state index contributed by atoms with van der Waals surface area (Å²) < 4.78 is 28.9. The molecule has 1 N–H and O–H groups in total. The molecule has 0 amide bonds. The molecule has 1 aliphatic rings. The summed E-state index contributed by atoms with van der Waals surface area (Å²) in [4.78, 5) is 3.91. The largest absolute Gasteiger partial charge is 0.339 e. The first kappa shape index (κ1) is 13.2. The minimum absolute atomic E-state index is 0.0495. The molecule has 0 atom stereocenters. The first-order valence-corrected chi connectivity index (χ1v) is 8.16. The van der Waals surface area contributed by atoms with Gasteiger partial charge in [0, 0.05) is 13.2 Å². The van der Waals surface area contributed by atoms with Gasteiger partial charge in [0.15, 0.2) is 5.03 Å². The Hall–Kier alpha value is -1.82. The molecule has 1 heterocycles. The first-order chi connectivity index (χ1) is 9.56. The van der Waals surface area contributed by atoms with Gasteiger partial charge < -0.3 is 4.57 Å². The SMILES string of the molecule is Cn1cnc(S(=O)(=O)Nc2cccc3c2CCCC3)c1. The molecule has 2 aromatic rings. The minimum Gasteiger partial charge on any atom is -0.339 e. The maximum absolute atomic E-state index is 12.3. The summed E-state index contributed by atoms with van der Waals surface area (Å²) in [7, 11) is -1.86. The number of imidazole rings is 1. The first-order valence-electron chi connectivity index (χ1n) is 6.68. The predicted molar refractivity (Wildman–Crippen MR) is 77.1 cm³/mol. The summed E-state index contributed by atoms with van der Waals surface area (Å²) in [6.07, 6.45) is 7.20. The van der Waals surface area contributed by atoms with E-state index in [1.54, 1.807) is 11.6 Å². The Labute approximate surface area is 118 Å². The van der Waals surface area contributed by atoms with Crippen LogP contribution in [0, 0.1) is 0 Å². The Morgan fingerprint density at radius 3 is 2.80 bits per heavy atom. The zero-order chi connectivity index (χ0) is 14.2. The molecule has 20 heavy (non-hydrogen) atoms. The van der Waals surface area contributed by atoms with E-state index in [2.05, 4.69) is 15.8 Å². The van der Waals surface area contributed by atoms with Gasteiger partial charge in [-0.05, 0) is 42.9 Å². The smallest absolute Gasteiger partial charge is 0.280 e. The molecule has 3 rings (SSSR count). The van der Waals surface area contributed by atoms with Gasteiger partial charge in [0.1, 0.15) is 0 Å². The lowest BCUT2D eigenvalue weighted by molar-refractivity contribution is 0.598. The summed E-state index contributed by atoms with van der Waals surface area (Å²) in [6, 6.07) is 5.80. The second kappa shape index (κ2) is 4.94. The summed E-state index contributed by atoms with van der Waals surface area (Å²) >= 11 is 0. The molecule has 106 valence electrons. The number of aromatic nitrogens is 2. The zero-order valence-corrected chi connectivity index (χ0v) is 12.2. The van der Waals surface area contributed by atoms with Crippen LogP contribution in [0.4, 0.5) is 5.69 Å². The highest BCUT2D eigenvalue weighted by atomic mass is 32.2. The van der Waals surface area contributed by atoms with Crippen LogP contribution in [0.5, 0.6) is 0 Å². The van der Waals surface area contributed by atoms with Crippen LogP contribution in [0.15, 0.2) is 35.7 Å². The normalized spacial score (nSPS) is 14.8. The Bertz CT molecular complexity index is 735. The van der Waals surface area contributed by atoms with Crippen LogP contribution in [-0.2, 0) is 29.9 Å². The Morgan fingerprint density at radius 1 is 1.25 bits per heavy atom. The summed E-state index contributed by atoms with van der Waals surface area (Å²) in [5.41, 5.74) is 3.06. The Balaban J connectivity index is 1.95. The summed E-state index contributed by atoms with van der Waals surface area (Å²) in [6.45, 7) is 0. The average molecular weight is 291 g/mol. The van der Waals surface area contributed by atoms with E-state index in [0.29, 0.717) is 5.69 Å². The van der Waals surface area contributed by atoms with E-state index in [0.717, 1.165) is 24.8 Å². The van der Waals surface area contributed by atoms with E-state index in [1.165, 1.54) is 24.5 Å². The number of nitrogens with one attached hydrogen (secondary N) is 1. The van der Waals surface area contributed by atoms with Crippen LogP contribution < -0.4 is 4.72 Å². The van der Waals surface area contributed by atoms with Crippen molar-refractivity contribution in [2.45, 2.75) is 30.7 Å². The van der Waals surface area contributed by atoms with Crippen molar-refractivity contribution in [1.29, 1.82) is 0 Å². The second-order valence-corrected chi connectivity index (χ2v) is 6.76. The Morgan fingerprint density at radius 2 is 2.05 bits per heavy atom. The van der Waals surface area contributed by atoms with Crippen molar-refractivity contribution in [2.75, 3.05) is 4.72 Å². The van der Waals surface area contributed by atoms with E-state index in [4.69, 9.17) is 0 Å². The molecule has 1 aliphatic carbocycles. The van der Waals surface area contributed by atoms with Crippen LogP contribution in [-0.4, -0.2) is 18.0 Å². The summed E-state index contributed by atoms with van der Waals surface area (Å²) in [5.74, 6) is 0. The fraction of sp³-hybridized carbons (Fsp3) is 0.357. The molecule has 1 aromatic carbocycles. The van der Waals surface area contributed by atoms with E-state index < -0.39 is 10.0 Å². The number of anilines is 1. The molecule has 0 saturated carbocycles. The van der Waals surface area contributed by atoms with E-state index in [9.17, 15) is 8.42 Å². The van der Waals surface area contributed by atoms with Crippen molar-refractivity contribution in [3.8, 4) is 0 Å². The number of hydrogen-bond donors (Lipinski definition) is 1. The fourth-order valence-corrected chi connectivity index (χ4v) is 3.68. The third-order valence-electron chi connectivity index (χ3n) is 3.60. The van der Waals surface area contributed by atoms with Crippen molar-refractivity contribution >= 4 is 15.7 Å². The van der Waals surface area contributed by atoms with Crippen molar-refractivity contribution in [1.82, 2.24) is 9.55 Å². The molecular weight excluding hydrogens is 274 g/mol. The van der Waals surface area contributed by atoms with Gasteiger partial charge in [-0.3, -0.25) is 4.72 Å². The van der Waals surface area contributed by atoms with Crippen LogP contribution in [0.2, 0.25) is 0 Å². The molecule has 0 spiro atoms. The monoisotopic (exact) mass is 291 g/mol. The average Bonchev–Trinajstić information content (AvgIpc) is 2.86.